The van der Waals surface area contributed by atoms with Crippen molar-refractivity contribution in [2.24, 2.45) is 0 Å². The molecule has 0 aliphatic carbocycles. The SMILES string of the molecule is COc1ccc(-c2nc(C#C[Si](C)(C)C)c3ccccn23)cc1. The van der Waals surface area contributed by atoms with Gasteiger partial charge in [-0.15, -0.1) is 5.54 Å². The molecule has 0 bridgehead atoms. The highest BCUT2D eigenvalue weighted by Crippen LogP contribution is 2.24. The minimum absolute atomic E-state index is 0.841. The van der Waals surface area contributed by atoms with Gasteiger partial charge in [0.25, 0.3) is 0 Å². The van der Waals surface area contributed by atoms with Crippen molar-refractivity contribution >= 4 is 13.6 Å². The molecule has 0 N–H and O–H groups in total. The van der Waals surface area contributed by atoms with Crippen molar-refractivity contribution in [1.29, 1.82) is 0 Å². The van der Waals surface area contributed by atoms with Gasteiger partial charge in [0.05, 0.1) is 12.6 Å². The predicted octanol–water partition coefficient (Wildman–Crippen LogP) is 4.24. The third-order valence-corrected chi connectivity index (χ3v) is 4.33. The Morgan fingerprint density at radius 1 is 1.04 bits per heavy atom. The van der Waals surface area contributed by atoms with Crippen molar-refractivity contribution in [2.45, 2.75) is 19.6 Å². The van der Waals surface area contributed by atoms with Crippen LogP contribution in [0.4, 0.5) is 0 Å². The van der Waals surface area contributed by atoms with Crippen LogP contribution in [-0.2, 0) is 0 Å². The van der Waals surface area contributed by atoms with E-state index in [0.29, 0.717) is 0 Å². The van der Waals surface area contributed by atoms with Gasteiger partial charge in [-0.1, -0.05) is 31.6 Å². The second-order valence-electron chi connectivity index (χ2n) is 6.47. The quantitative estimate of drug-likeness (QED) is 0.521. The van der Waals surface area contributed by atoms with Crippen molar-refractivity contribution in [1.82, 2.24) is 9.38 Å². The Labute approximate surface area is 138 Å². The highest BCUT2D eigenvalue weighted by Gasteiger charge is 2.12. The highest BCUT2D eigenvalue weighted by molar-refractivity contribution is 6.83. The van der Waals surface area contributed by atoms with E-state index in [4.69, 9.17) is 9.72 Å². The van der Waals surface area contributed by atoms with E-state index in [1.54, 1.807) is 7.11 Å². The number of pyridine rings is 1. The van der Waals surface area contributed by atoms with E-state index in [1.165, 1.54) is 0 Å². The second-order valence-corrected chi connectivity index (χ2v) is 11.2. The standard InChI is InChI=1S/C19H20N2OSi/c1-22-16-10-8-15(9-11-16)19-20-17(12-14-23(2,3)4)18-7-5-6-13-21(18)19/h5-11,13H,1-4H3. The van der Waals surface area contributed by atoms with Crippen LogP contribution in [0.25, 0.3) is 16.9 Å². The number of aromatic nitrogens is 2. The summed E-state index contributed by atoms with van der Waals surface area (Å²) in [7, 11) is 0.234. The molecule has 1 aromatic carbocycles. The van der Waals surface area contributed by atoms with E-state index in [-0.39, 0.29) is 0 Å². The molecule has 0 amide bonds. The molecule has 0 atom stereocenters. The molecular formula is C19H20N2OSi. The second kappa shape index (κ2) is 5.94. The first-order valence-corrected chi connectivity index (χ1v) is 11.1. The zero-order valence-corrected chi connectivity index (χ0v) is 14.9. The van der Waals surface area contributed by atoms with Crippen molar-refractivity contribution in [2.75, 3.05) is 7.11 Å². The summed E-state index contributed by atoms with van der Waals surface area (Å²) < 4.78 is 7.32. The molecule has 0 aliphatic rings. The van der Waals surface area contributed by atoms with Gasteiger partial charge >= 0.3 is 0 Å². The molecule has 0 radical (unpaired) electrons. The summed E-state index contributed by atoms with van der Waals surface area (Å²) in [6.07, 6.45) is 2.03. The fraction of sp³-hybridized carbons (Fsp3) is 0.211. The van der Waals surface area contributed by atoms with Gasteiger partial charge in [-0.25, -0.2) is 4.98 Å². The summed E-state index contributed by atoms with van der Waals surface area (Å²) in [5.41, 5.74) is 6.35. The van der Waals surface area contributed by atoms with Gasteiger partial charge in [0, 0.05) is 11.8 Å². The van der Waals surface area contributed by atoms with Gasteiger partial charge in [0.1, 0.15) is 25.3 Å². The Balaban J connectivity index is 2.15. The van der Waals surface area contributed by atoms with Crippen LogP contribution in [-0.4, -0.2) is 24.6 Å². The van der Waals surface area contributed by atoms with E-state index in [1.807, 2.05) is 42.6 Å². The third kappa shape index (κ3) is 3.30. The Kier molecular flexibility index (Phi) is 3.97. The van der Waals surface area contributed by atoms with Crippen molar-refractivity contribution in [3.8, 4) is 28.6 Å². The maximum absolute atomic E-state index is 5.23. The Morgan fingerprint density at radius 2 is 1.78 bits per heavy atom. The highest BCUT2D eigenvalue weighted by atomic mass is 28.3. The topological polar surface area (TPSA) is 26.5 Å². The van der Waals surface area contributed by atoms with Gasteiger partial charge in [-0.05, 0) is 36.4 Å². The van der Waals surface area contributed by atoms with Crippen LogP contribution < -0.4 is 4.74 Å². The maximum atomic E-state index is 5.23. The van der Waals surface area contributed by atoms with E-state index >= 15 is 0 Å². The summed E-state index contributed by atoms with van der Waals surface area (Å²) in [6.45, 7) is 6.72. The molecular weight excluding hydrogens is 300 g/mol. The van der Waals surface area contributed by atoms with Crippen LogP contribution in [0, 0.1) is 11.5 Å². The Hall–Kier alpha value is -2.51. The van der Waals surface area contributed by atoms with Crippen LogP contribution in [0.1, 0.15) is 5.69 Å². The lowest BCUT2D eigenvalue weighted by Gasteiger charge is -2.03. The fourth-order valence-corrected chi connectivity index (χ4v) is 2.81. The van der Waals surface area contributed by atoms with E-state index in [0.717, 1.165) is 28.3 Å². The van der Waals surface area contributed by atoms with Crippen LogP contribution in [0.5, 0.6) is 5.75 Å². The molecule has 2 heterocycles. The summed E-state index contributed by atoms with van der Waals surface area (Å²) >= 11 is 0. The van der Waals surface area contributed by atoms with Crippen LogP contribution >= 0.6 is 0 Å². The smallest absolute Gasteiger partial charge is 0.146 e. The zero-order chi connectivity index (χ0) is 16.4. The average Bonchev–Trinajstić information content (AvgIpc) is 2.91. The number of hydrogen-bond donors (Lipinski definition) is 0. The van der Waals surface area contributed by atoms with Crippen LogP contribution in [0.2, 0.25) is 19.6 Å². The summed E-state index contributed by atoms with van der Waals surface area (Å²) in [6, 6.07) is 14.0. The molecule has 23 heavy (non-hydrogen) atoms. The summed E-state index contributed by atoms with van der Waals surface area (Å²) in [5.74, 6) is 5.04. The molecule has 0 fully saturated rings. The fourth-order valence-electron chi connectivity index (χ4n) is 2.32. The number of benzene rings is 1. The predicted molar refractivity (Wildman–Crippen MR) is 97.4 cm³/mol. The zero-order valence-electron chi connectivity index (χ0n) is 13.9. The van der Waals surface area contributed by atoms with Crippen molar-refractivity contribution in [3.05, 3.63) is 54.4 Å². The molecule has 0 saturated carbocycles. The third-order valence-electron chi connectivity index (χ3n) is 3.45. The number of hydrogen-bond acceptors (Lipinski definition) is 2. The van der Waals surface area contributed by atoms with Gasteiger partial charge in [-0.3, -0.25) is 4.40 Å². The molecule has 0 unspecified atom stereocenters. The van der Waals surface area contributed by atoms with Crippen LogP contribution in [0.3, 0.4) is 0 Å². The first-order valence-electron chi connectivity index (χ1n) is 7.63. The number of rotatable bonds is 2. The molecule has 0 saturated heterocycles. The van der Waals surface area contributed by atoms with Gasteiger partial charge < -0.3 is 4.74 Å². The number of nitrogens with zero attached hydrogens (tertiary/aromatic N) is 2. The molecule has 3 nitrogen and oxygen atoms in total. The minimum Gasteiger partial charge on any atom is -0.497 e. The van der Waals surface area contributed by atoms with Gasteiger partial charge in [0.2, 0.25) is 0 Å². The molecule has 0 aliphatic heterocycles. The number of fused-ring (bicyclic) bond motifs is 1. The first-order chi connectivity index (χ1) is 11.0. The van der Waals surface area contributed by atoms with Gasteiger partial charge in [0.15, 0.2) is 0 Å². The Bertz CT molecular complexity index is 893. The lowest BCUT2D eigenvalue weighted by atomic mass is 10.2. The normalized spacial score (nSPS) is 11.1. The number of imidazole rings is 1. The molecule has 0 spiro atoms. The molecule has 2 aromatic heterocycles. The van der Waals surface area contributed by atoms with E-state index < -0.39 is 8.07 Å². The van der Waals surface area contributed by atoms with Gasteiger partial charge in [-0.2, -0.15) is 0 Å². The minimum atomic E-state index is -1.44. The number of ether oxygens (including phenoxy) is 1. The van der Waals surface area contributed by atoms with Crippen molar-refractivity contribution < 1.29 is 4.74 Å². The average molecular weight is 320 g/mol. The Morgan fingerprint density at radius 3 is 2.43 bits per heavy atom. The first kappa shape index (κ1) is 15.4. The lowest BCUT2D eigenvalue weighted by molar-refractivity contribution is 0.415. The maximum Gasteiger partial charge on any atom is 0.146 e. The van der Waals surface area contributed by atoms with E-state index in [2.05, 4.69) is 41.6 Å². The monoisotopic (exact) mass is 320 g/mol. The van der Waals surface area contributed by atoms with Crippen LogP contribution in [0.15, 0.2) is 48.7 Å². The lowest BCUT2D eigenvalue weighted by Crippen LogP contribution is -2.16. The molecule has 116 valence electrons. The summed E-state index contributed by atoms with van der Waals surface area (Å²) in [4.78, 5) is 4.79. The molecule has 3 aromatic rings. The van der Waals surface area contributed by atoms with Crippen molar-refractivity contribution in [3.63, 3.8) is 0 Å². The largest absolute Gasteiger partial charge is 0.497 e. The summed E-state index contributed by atoms with van der Waals surface area (Å²) in [5, 5.41) is 0. The molecule has 4 heteroatoms. The molecule has 3 rings (SSSR count). The van der Waals surface area contributed by atoms with E-state index in [9.17, 15) is 0 Å². The number of methoxy groups -OCH3 is 1.